The highest BCUT2D eigenvalue weighted by Crippen LogP contribution is 2.43. The zero-order valence-corrected chi connectivity index (χ0v) is 14.3. The first-order valence-electron chi connectivity index (χ1n) is 9.13. The summed E-state index contributed by atoms with van der Waals surface area (Å²) in [4.78, 5) is 15.5. The number of aromatic nitrogens is 2. The maximum absolute atomic E-state index is 12.9. The summed E-state index contributed by atoms with van der Waals surface area (Å²) in [5.41, 5.74) is 2.02. The smallest absolute Gasteiger partial charge is 0.391 e. The minimum atomic E-state index is -4.08. The fraction of sp³-hybridized carbons (Fsp3) is 0.579. The first-order chi connectivity index (χ1) is 12.3. The van der Waals surface area contributed by atoms with Crippen LogP contribution in [0, 0.1) is 11.8 Å². The number of carboxylic acid groups (broad SMARTS) is 1. The van der Waals surface area contributed by atoms with Crippen molar-refractivity contribution >= 4 is 17.0 Å². The third-order valence-electron chi connectivity index (χ3n) is 5.72. The van der Waals surface area contributed by atoms with Crippen LogP contribution in [0.15, 0.2) is 18.3 Å². The van der Waals surface area contributed by atoms with E-state index in [4.69, 9.17) is 5.11 Å². The van der Waals surface area contributed by atoms with Crippen LogP contribution in [-0.2, 0) is 6.42 Å². The quantitative estimate of drug-likeness (QED) is 0.830. The van der Waals surface area contributed by atoms with E-state index < -0.39 is 18.1 Å². The normalized spacial score (nSPS) is 24.1. The van der Waals surface area contributed by atoms with Crippen molar-refractivity contribution in [2.75, 3.05) is 0 Å². The van der Waals surface area contributed by atoms with Gasteiger partial charge in [-0.2, -0.15) is 13.2 Å². The Bertz CT molecular complexity index is 831. The van der Waals surface area contributed by atoms with Crippen LogP contribution in [0.1, 0.15) is 60.6 Å². The molecular formula is C19H21F3N2O2. The molecular weight excluding hydrogens is 345 g/mol. The molecule has 0 saturated heterocycles. The average molecular weight is 366 g/mol. The van der Waals surface area contributed by atoms with Crippen LogP contribution >= 0.6 is 0 Å². The van der Waals surface area contributed by atoms with Gasteiger partial charge in [0.25, 0.3) is 0 Å². The van der Waals surface area contributed by atoms with Crippen molar-refractivity contribution in [2.24, 2.45) is 11.8 Å². The van der Waals surface area contributed by atoms with Crippen molar-refractivity contribution in [1.29, 1.82) is 0 Å². The van der Waals surface area contributed by atoms with Gasteiger partial charge in [-0.05, 0) is 63.0 Å². The van der Waals surface area contributed by atoms with Crippen LogP contribution in [0.4, 0.5) is 13.2 Å². The van der Waals surface area contributed by atoms with E-state index in [9.17, 15) is 18.0 Å². The lowest BCUT2D eigenvalue weighted by Crippen LogP contribution is -2.28. The second-order valence-corrected chi connectivity index (χ2v) is 7.64. The maximum Gasteiger partial charge on any atom is 0.391 e. The van der Waals surface area contributed by atoms with Crippen molar-refractivity contribution in [3.05, 3.63) is 29.6 Å². The van der Waals surface area contributed by atoms with E-state index in [1.807, 2.05) is 6.07 Å². The third-order valence-corrected chi connectivity index (χ3v) is 5.72. The van der Waals surface area contributed by atoms with Gasteiger partial charge in [0, 0.05) is 23.3 Å². The number of rotatable bonds is 4. The number of fused-ring (bicyclic) bond motifs is 1. The Hall–Kier alpha value is -2.05. The van der Waals surface area contributed by atoms with Gasteiger partial charge in [-0.25, -0.2) is 9.78 Å². The van der Waals surface area contributed by atoms with Gasteiger partial charge >= 0.3 is 12.1 Å². The molecule has 1 N–H and O–H groups in total. The zero-order chi connectivity index (χ0) is 18.5. The molecule has 140 valence electrons. The molecule has 0 aromatic carbocycles. The predicted octanol–water partition coefficient (Wildman–Crippen LogP) is 4.98. The number of alkyl halides is 3. The first-order valence-corrected chi connectivity index (χ1v) is 9.13. The third kappa shape index (κ3) is 3.31. The number of nitrogens with zero attached hydrogens (tertiary/aromatic N) is 2. The number of pyridine rings is 1. The Morgan fingerprint density at radius 3 is 2.42 bits per heavy atom. The molecule has 0 atom stereocenters. The molecule has 2 heterocycles. The Kier molecular flexibility index (Phi) is 4.20. The number of hydrogen-bond acceptors (Lipinski definition) is 2. The summed E-state index contributed by atoms with van der Waals surface area (Å²) in [6, 6.07) is 3.99. The number of carbonyl (C=O) groups is 1. The number of carboxylic acids is 1. The lowest BCUT2D eigenvalue weighted by Gasteiger charge is -2.30. The van der Waals surface area contributed by atoms with Crippen LogP contribution < -0.4 is 0 Å². The molecule has 26 heavy (non-hydrogen) atoms. The van der Waals surface area contributed by atoms with Crippen molar-refractivity contribution in [1.82, 2.24) is 9.55 Å². The average Bonchev–Trinajstić information content (AvgIpc) is 3.35. The molecule has 0 spiro atoms. The van der Waals surface area contributed by atoms with Gasteiger partial charge in [0.05, 0.1) is 11.5 Å². The SMILES string of the molecule is O=C(O)c1cnc2c(c1)cc(CC1CCC(C(F)(F)F)CC1)n2C1CC1. The highest BCUT2D eigenvalue weighted by atomic mass is 19.4. The lowest BCUT2D eigenvalue weighted by atomic mass is 9.79. The van der Waals surface area contributed by atoms with Crippen molar-refractivity contribution in [3.63, 3.8) is 0 Å². The van der Waals surface area contributed by atoms with Crippen molar-refractivity contribution in [3.8, 4) is 0 Å². The summed E-state index contributed by atoms with van der Waals surface area (Å²) < 4.78 is 40.7. The molecule has 2 aromatic heterocycles. The molecule has 0 amide bonds. The molecule has 2 fully saturated rings. The Morgan fingerprint density at radius 1 is 1.15 bits per heavy atom. The largest absolute Gasteiger partial charge is 0.478 e. The Labute approximate surface area is 149 Å². The van der Waals surface area contributed by atoms with E-state index in [-0.39, 0.29) is 24.3 Å². The van der Waals surface area contributed by atoms with Crippen LogP contribution in [0.2, 0.25) is 0 Å². The van der Waals surface area contributed by atoms with Gasteiger partial charge in [0.2, 0.25) is 0 Å². The summed E-state index contributed by atoms with van der Waals surface area (Å²) in [5, 5.41) is 9.96. The lowest BCUT2D eigenvalue weighted by molar-refractivity contribution is -0.183. The number of hydrogen-bond donors (Lipinski definition) is 1. The molecule has 0 radical (unpaired) electrons. The highest BCUT2D eigenvalue weighted by molar-refractivity contribution is 5.92. The van der Waals surface area contributed by atoms with Gasteiger partial charge in [-0.1, -0.05) is 0 Å². The molecule has 0 aliphatic heterocycles. The van der Waals surface area contributed by atoms with Crippen LogP contribution in [0.5, 0.6) is 0 Å². The summed E-state index contributed by atoms with van der Waals surface area (Å²) in [7, 11) is 0. The minimum Gasteiger partial charge on any atom is -0.478 e. The van der Waals surface area contributed by atoms with Crippen molar-refractivity contribution in [2.45, 2.75) is 57.2 Å². The van der Waals surface area contributed by atoms with E-state index in [2.05, 4.69) is 9.55 Å². The molecule has 2 saturated carbocycles. The highest BCUT2D eigenvalue weighted by Gasteiger charge is 2.41. The monoisotopic (exact) mass is 366 g/mol. The molecule has 4 nitrogen and oxygen atoms in total. The fourth-order valence-electron chi connectivity index (χ4n) is 4.17. The molecule has 7 heteroatoms. The van der Waals surface area contributed by atoms with E-state index >= 15 is 0 Å². The van der Waals surface area contributed by atoms with E-state index in [0.717, 1.165) is 36.0 Å². The number of aromatic carboxylic acids is 1. The molecule has 2 aromatic rings. The molecule has 4 rings (SSSR count). The zero-order valence-electron chi connectivity index (χ0n) is 14.3. The first kappa shape index (κ1) is 17.4. The van der Waals surface area contributed by atoms with Crippen LogP contribution in [-0.4, -0.2) is 26.8 Å². The molecule has 0 bridgehead atoms. The van der Waals surface area contributed by atoms with E-state index in [1.165, 1.54) is 6.20 Å². The van der Waals surface area contributed by atoms with Crippen LogP contribution in [0.25, 0.3) is 11.0 Å². The summed E-state index contributed by atoms with van der Waals surface area (Å²) >= 11 is 0. The standard InChI is InChI=1S/C19H21F3N2O2/c20-19(21,22)14-3-1-11(2-4-14)7-16-9-12-8-13(18(25)26)10-23-17(12)24(16)15-5-6-15/h8-11,14-15H,1-7H2,(H,25,26). The summed E-state index contributed by atoms with van der Waals surface area (Å²) in [6.07, 6.45) is 1.76. The van der Waals surface area contributed by atoms with E-state index in [0.29, 0.717) is 18.9 Å². The molecule has 2 aliphatic carbocycles. The maximum atomic E-state index is 12.9. The minimum absolute atomic E-state index is 0.155. The van der Waals surface area contributed by atoms with Gasteiger partial charge in [0.15, 0.2) is 0 Å². The summed E-state index contributed by atoms with van der Waals surface area (Å²) in [6.45, 7) is 0. The topological polar surface area (TPSA) is 55.1 Å². The van der Waals surface area contributed by atoms with Gasteiger partial charge in [-0.15, -0.1) is 0 Å². The second-order valence-electron chi connectivity index (χ2n) is 7.64. The van der Waals surface area contributed by atoms with Gasteiger partial charge < -0.3 is 9.67 Å². The molecule has 0 unspecified atom stereocenters. The predicted molar refractivity (Wildman–Crippen MR) is 90.2 cm³/mol. The molecule has 2 aliphatic rings. The number of halogens is 3. The summed E-state index contributed by atoms with van der Waals surface area (Å²) in [5.74, 6) is -1.92. The Morgan fingerprint density at radius 2 is 1.85 bits per heavy atom. The van der Waals surface area contributed by atoms with E-state index in [1.54, 1.807) is 6.07 Å². The van der Waals surface area contributed by atoms with Gasteiger partial charge in [0.1, 0.15) is 5.65 Å². The van der Waals surface area contributed by atoms with Crippen molar-refractivity contribution < 1.29 is 23.1 Å². The van der Waals surface area contributed by atoms with Crippen LogP contribution in [0.3, 0.4) is 0 Å². The fourth-order valence-corrected chi connectivity index (χ4v) is 4.17. The second kappa shape index (κ2) is 6.28. The van der Waals surface area contributed by atoms with Gasteiger partial charge in [-0.3, -0.25) is 0 Å². The Balaban J connectivity index is 1.56.